The lowest BCUT2D eigenvalue weighted by Gasteiger charge is -2.12. The van der Waals surface area contributed by atoms with Crippen LogP contribution in [0.4, 0.5) is 8.78 Å². The number of benzene rings is 2. The Kier molecular flexibility index (Phi) is 13.9. The maximum atomic E-state index is 13.1. The highest BCUT2D eigenvalue weighted by atomic mass is 79.9. The second-order valence-corrected chi connectivity index (χ2v) is 11.6. The Balaban J connectivity index is 0.000000193. The maximum absolute atomic E-state index is 13.1. The molecule has 5 rings (SSSR count). The molecule has 40 heavy (non-hydrogen) atoms. The fourth-order valence-electron chi connectivity index (χ4n) is 3.40. The molecule has 1 N–H and O–H groups in total. The van der Waals surface area contributed by atoms with Gasteiger partial charge in [0.1, 0.15) is 11.6 Å². The van der Waals surface area contributed by atoms with Crippen molar-refractivity contribution in [3.8, 4) is 0 Å². The van der Waals surface area contributed by atoms with E-state index < -0.39 is 5.97 Å². The molecule has 0 spiro atoms. The van der Waals surface area contributed by atoms with Crippen LogP contribution in [0.5, 0.6) is 0 Å². The second kappa shape index (κ2) is 16.6. The first-order valence-electron chi connectivity index (χ1n) is 13.6. The number of carbonyl (C=O) groups is 3. The van der Waals surface area contributed by atoms with E-state index >= 15 is 0 Å². The van der Waals surface area contributed by atoms with Gasteiger partial charge in [0.15, 0.2) is 5.78 Å². The molecule has 3 aliphatic carbocycles. The van der Waals surface area contributed by atoms with Gasteiger partial charge in [0.2, 0.25) is 5.91 Å². The highest BCUT2D eigenvalue weighted by molar-refractivity contribution is 9.10. The first-order valence-corrected chi connectivity index (χ1v) is 14.4. The Labute approximate surface area is 244 Å². The number of carboxylic acid groups (broad SMARTS) is 1. The number of carboxylic acids is 1. The van der Waals surface area contributed by atoms with Crippen molar-refractivity contribution < 1.29 is 33.1 Å². The van der Waals surface area contributed by atoms with Crippen LogP contribution >= 0.6 is 15.9 Å². The largest absolute Gasteiger partial charge is 0.481 e. The van der Waals surface area contributed by atoms with Crippen LogP contribution in [0.15, 0.2) is 40.9 Å². The van der Waals surface area contributed by atoms with E-state index in [2.05, 4.69) is 15.9 Å². The molecule has 0 heterocycles. The van der Waals surface area contributed by atoms with E-state index in [1.807, 2.05) is 6.07 Å². The number of rotatable bonds is 8. The topological polar surface area (TPSA) is 83.9 Å². The van der Waals surface area contributed by atoms with Gasteiger partial charge in [0, 0.05) is 36.3 Å². The first kappa shape index (κ1) is 33.6. The van der Waals surface area contributed by atoms with Crippen LogP contribution in [0.3, 0.4) is 0 Å². The molecule has 0 radical (unpaired) electrons. The predicted molar refractivity (Wildman–Crippen MR) is 154 cm³/mol. The quantitative estimate of drug-likeness (QED) is 0.241. The number of nitrogens with zero attached hydrogens (tertiary/aromatic N) is 1. The molecule has 0 unspecified atom stereocenters. The fourth-order valence-corrected chi connectivity index (χ4v) is 3.74. The van der Waals surface area contributed by atoms with E-state index in [4.69, 9.17) is 9.94 Å². The second-order valence-electron chi connectivity index (χ2n) is 10.7. The molecule has 220 valence electrons. The number of carbonyl (C=O) groups excluding carboxylic acids is 2. The summed E-state index contributed by atoms with van der Waals surface area (Å²) in [5, 5.41) is 9.41. The van der Waals surface area contributed by atoms with Gasteiger partial charge in [-0.25, -0.2) is 13.8 Å². The molecule has 2 aromatic carbocycles. The molecule has 1 amide bonds. The third kappa shape index (κ3) is 14.1. The number of halogens is 3. The zero-order valence-corrected chi connectivity index (χ0v) is 25.3. The lowest BCUT2D eigenvalue weighted by Crippen LogP contribution is -2.25. The number of hydrogen-bond donors (Lipinski definition) is 1. The lowest BCUT2D eigenvalue weighted by atomic mass is 10.0. The lowest BCUT2D eigenvalue weighted by molar-refractivity contribution is -0.169. The van der Waals surface area contributed by atoms with E-state index in [9.17, 15) is 23.2 Å². The van der Waals surface area contributed by atoms with Gasteiger partial charge >= 0.3 is 5.97 Å². The van der Waals surface area contributed by atoms with Crippen LogP contribution < -0.4 is 0 Å². The molecule has 2 aromatic rings. The predicted octanol–water partition coefficient (Wildman–Crippen LogP) is 7.69. The van der Waals surface area contributed by atoms with E-state index in [-0.39, 0.29) is 23.3 Å². The molecule has 3 fully saturated rings. The summed E-state index contributed by atoms with van der Waals surface area (Å²) < 4.78 is 26.5. The van der Waals surface area contributed by atoms with Gasteiger partial charge in [0.25, 0.3) is 0 Å². The van der Waals surface area contributed by atoms with Crippen LogP contribution in [-0.2, 0) is 14.4 Å². The van der Waals surface area contributed by atoms with Crippen LogP contribution in [0, 0.1) is 43.2 Å². The van der Waals surface area contributed by atoms with Gasteiger partial charge in [-0.05, 0) is 99.5 Å². The molecule has 0 aromatic heterocycles. The van der Waals surface area contributed by atoms with Gasteiger partial charge in [-0.2, -0.15) is 0 Å². The Morgan fingerprint density at radius 1 is 0.850 bits per heavy atom. The number of hydrogen-bond acceptors (Lipinski definition) is 4. The van der Waals surface area contributed by atoms with Crippen LogP contribution in [0.25, 0.3) is 0 Å². The van der Waals surface area contributed by atoms with E-state index in [0.29, 0.717) is 53.7 Å². The summed E-state index contributed by atoms with van der Waals surface area (Å²) in [7, 11) is 3.15. The highest BCUT2D eigenvalue weighted by Gasteiger charge is 2.26. The van der Waals surface area contributed by atoms with Crippen molar-refractivity contribution in [3.05, 3.63) is 69.2 Å². The Morgan fingerprint density at radius 2 is 1.32 bits per heavy atom. The molecule has 0 saturated heterocycles. The molecule has 9 heteroatoms. The third-order valence-corrected chi connectivity index (χ3v) is 7.24. The Hall–Kier alpha value is -2.65. The third-order valence-electron chi connectivity index (χ3n) is 6.74. The number of amides is 1. The number of aliphatic carboxylic acids is 1. The molecular weight excluding hydrogens is 584 g/mol. The zero-order chi connectivity index (χ0) is 29.8. The molecule has 0 atom stereocenters. The summed E-state index contributed by atoms with van der Waals surface area (Å²) >= 11 is 3.16. The monoisotopic (exact) mass is 623 g/mol. The summed E-state index contributed by atoms with van der Waals surface area (Å²) in [5.41, 5.74) is 1.78. The van der Waals surface area contributed by atoms with Crippen molar-refractivity contribution >= 4 is 33.6 Å². The minimum atomic E-state index is -0.650. The van der Waals surface area contributed by atoms with Crippen molar-refractivity contribution in [3.63, 3.8) is 0 Å². The molecule has 6 nitrogen and oxygen atoms in total. The van der Waals surface area contributed by atoms with Crippen LogP contribution in [0.2, 0.25) is 0 Å². The van der Waals surface area contributed by atoms with Crippen LogP contribution in [-0.4, -0.2) is 42.0 Å². The minimum Gasteiger partial charge on any atom is -0.481 e. The van der Waals surface area contributed by atoms with Crippen molar-refractivity contribution in [1.29, 1.82) is 0 Å². The van der Waals surface area contributed by atoms with Crippen molar-refractivity contribution in [1.82, 2.24) is 5.06 Å². The standard InChI is InChI=1S/C12H13FO.C7H6BrF.C7H13NO2.C5H8O2/c1-8-2-5-10(7-11(8)13)12(14)6-9-3-4-9;1-5-2-3-6(8)4-7(5)9;1-8(10-2)7(9)5-6-3-4-6;6-5(7)3-4-1-2-4/h2,5,7,9H,3-4,6H2,1H3;2-4H,1H3;6H,3-5H2,1-2H3;4H,1-3H2,(H,6,7). The normalized spacial score (nSPS) is 15.3. The summed E-state index contributed by atoms with van der Waals surface area (Å²) in [4.78, 5) is 37.2. The van der Waals surface area contributed by atoms with Gasteiger partial charge in [-0.1, -0.05) is 34.1 Å². The molecule has 3 saturated carbocycles. The molecule has 0 aliphatic heterocycles. The SMILES string of the molecule is CON(C)C(=O)CC1CC1.Cc1ccc(Br)cc1F.Cc1ccc(C(=O)CC2CC2)cc1F.O=C(O)CC1CC1. The van der Waals surface area contributed by atoms with Crippen molar-refractivity contribution in [2.75, 3.05) is 14.2 Å². The average Bonchev–Trinajstić information content (AvgIpc) is 3.73. The van der Waals surface area contributed by atoms with E-state index in [0.717, 1.165) is 30.2 Å². The highest BCUT2D eigenvalue weighted by Crippen LogP contribution is 2.34. The zero-order valence-electron chi connectivity index (χ0n) is 23.7. The Morgan fingerprint density at radius 3 is 1.73 bits per heavy atom. The van der Waals surface area contributed by atoms with E-state index in [1.54, 1.807) is 39.1 Å². The number of hydroxylamine groups is 2. The summed E-state index contributed by atoms with van der Waals surface area (Å²) in [6.07, 6.45) is 8.62. The van der Waals surface area contributed by atoms with E-state index in [1.165, 1.54) is 37.1 Å². The van der Waals surface area contributed by atoms with Gasteiger partial charge in [-0.15, -0.1) is 0 Å². The van der Waals surface area contributed by atoms with Gasteiger partial charge < -0.3 is 5.11 Å². The van der Waals surface area contributed by atoms with Crippen LogP contribution in [0.1, 0.15) is 79.3 Å². The van der Waals surface area contributed by atoms with Crippen molar-refractivity contribution in [2.45, 2.75) is 71.6 Å². The summed E-state index contributed by atoms with van der Waals surface area (Å²) in [6.45, 7) is 3.44. The average molecular weight is 625 g/mol. The number of Topliss-reactive ketones (excluding diaryl/α,β-unsaturated/α-hetero) is 1. The fraction of sp³-hybridized carbons (Fsp3) is 0.516. The first-order chi connectivity index (χ1) is 18.9. The number of ketones is 1. The summed E-state index contributed by atoms with van der Waals surface area (Å²) in [5.74, 6) is 0.796. The number of aryl methyl sites for hydroxylation is 2. The smallest absolute Gasteiger partial charge is 0.303 e. The maximum Gasteiger partial charge on any atom is 0.303 e. The summed E-state index contributed by atoms with van der Waals surface area (Å²) in [6, 6.07) is 9.73. The molecule has 3 aliphatic rings. The molecule has 0 bridgehead atoms. The van der Waals surface area contributed by atoms with Gasteiger partial charge in [0.05, 0.1) is 7.11 Å². The van der Waals surface area contributed by atoms with Gasteiger partial charge in [-0.3, -0.25) is 19.2 Å². The Bertz CT molecular complexity index is 1150. The van der Waals surface area contributed by atoms with Crippen molar-refractivity contribution in [2.24, 2.45) is 17.8 Å². The minimum absolute atomic E-state index is 0.0754. The molecular formula is C31H40BrF2NO5.